The van der Waals surface area contributed by atoms with E-state index in [1.54, 1.807) is 0 Å². The first-order valence-corrected chi connectivity index (χ1v) is 11.2. The predicted molar refractivity (Wildman–Crippen MR) is 117 cm³/mol. The van der Waals surface area contributed by atoms with E-state index in [2.05, 4.69) is 77.1 Å². The fraction of sp³-hybridized carbons (Fsp3) is 0.538. The molecule has 2 fully saturated rings. The van der Waals surface area contributed by atoms with Crippen molar-refractivity contribution in [2.24, 2.45) is 5.92 Å². The maximum atomic E-state index is 6.49. The number of benzene rings is 2. The average Bonchev–Trinajstić information content (AvgIpc) is 2.79. The van der Waals surface area contributed by atoms with Gasteiger partial charge in [0.1, 0.15) is 12.2 Å². The molecule has 2 aliphatic heterocycles. The number of ether oxygens (including phenoxy) is 4. The van der Waals surface area contributed by atoms with Gasteiger partial charge in [-0.3, -0.25) is 0 Å². The van der Waals surface area contributed by atoms with Crippen LogP contribution in [0.4, 0.5) is 0 Å². The molecule has 6 unspecified atom stereocenters. The lowest BCUT2D eigenvalue weighted by molar-refractivity contribution is -0.369. The van der Waals surface area contributed by atoms with Gasteiger partial charge in [0, 0.05) is 11.1 Å². The van der Waals surface area contributed by atoms with Gasteiger partial charge in [0.15, 0.2) is 12.6 Å². The number of hydrogen-bond donors (Lipinski definition) is 0. The lowest BCUT2D eigenvalue weighted by Crippen LogP contribution is -2.56. The van der Waals surface area contributed by atoms with Crippen molar-refractivity contribution in [3.8, 4) is 0 Å². The van der Waals surface area contributed by atoms with Gasteiger partial charge in [-0.15, -0.1) is 0 Å². The van der Waals surface area contributed by atoms with Crippen LogP contribution in [-0.4, -0.2) is 24.9 Å². The van der Waals surface area contributed by atoms with Crippen molar-refractivity contribution >= 4 is 0 Å². The van der Waals surface area contributed by atoms with Crippen LogP contribution in [-0.2, 0) is 25.4 Å². The van der Waals surface area contributed by atoms with Crippen molar-refractivity contribution in [1.29, 1.82) is 0 Å². The predicted octanol–water partition coefficient (Wildman–Crippen LogP) is 5.81. The molecule has 0 bridgehead atoms. The van der Waals surface area contributed by atoms with Crippen molar-refractivity contribution in [3.05, 3.63) is 70.3 Å². The molecule has 0 N–H and O–H groups in total. The summed E-state index contributed by atoms with van der Waals surface area (Å²) in [6, 6.07) is 14.9. The van der Waals surface area contributed by atoms with Crippen LogP contribution in [0.2, 0.25) is 0 Å². The molecule has 4 rings (SSSR count). The Morgan fingerprint density at radius 1 is 0.867 bits per heavy atom. The third-order valence-corrected chi connectivity index (χ3v) is 6.63. The maximum Gasteiger partial charge on any atom is 0.184 e. The van der Waals surface area contributed by atoms with Gasteiger partial charge >= 0.3 is 0 Å². The molecule has 162 valence electrons. The molecule has 2 aliphatic rings. The van der Waals surface area contributed by atoms with Crippen molar-refractivity contribution in [2.45, 2.75) is 78.4 Å². The monoisotopic (exact) mass is 410 g/mol. The molecule has 30 heavy (non-hydrogen) atoms. The van der Waals surface area contributed by atoms with Crippen LogP contribution in [0.15, 0.2) is 42.5 Å². The Bertz CT molecular complexity index is 847. The molecule has 0 amide bonds. The summed E-state index contributed by atoms with van der Waals surface area (Å²) in [7, 11) is 0. The summed E-state index contributed by atoms with van der Waals surface area (Å²) in [6.45, 7) is 11.3. The largest absolute Gasteiger partial charge is 0.346 e. The standard InChI is InChI=1S/C26H34O4/c1-6-16(3)23-24-22(28-26(29-23)20-12-9-19(7-2)10-13-20)15-27-25(30-24)21-11-8-17(4)18(5)14-21/h8-14,16,22-26H,6-7,15H2,1-5H3. The van der Waals surface area contributed by atoms with Gasteiger partial charge in [0.25, 0.3) is 0 Å². The molecule has 2 aromatic carbocycles. The topological polar surface area (TPSA) is 36.9 Å². The van der Waals surface area contributed by atoms with E-state index in [1.165, 1.54) is 16.7 Å². The Labute approximate surface area is 180 Å². The smallest absolute Gasteiger partial charge is 0.184 e. The van der Waals surface area contributed by atoms with Gasteiger partial charge in [-0.1, -0.05) is 69.7 Å². The highest BCUT2D eigenvalue weighted by Crippen LogP contribution is 2.40. The molecule has 0 spiro atoms. The summed E-state index contributed by atoms with van der Waals surface area (Å²) >= 11 is 0. The van der Waals surface area contributed by atoms with E-state index >= 15 is 0 Å². The van der Waals surface area contributed by atoms with Crippen molar-refractivity contribution < 1.29 is 18.9 Å². The van der Waals surface area contributed by atoms with Gasteiger partial charge in [-0.2, -0.15) is 0 Å². The Morgan fingerprint density at radius 3 is 2.27 bits per heavy atom. The Morgan fingerprint density at radius 2 is 1.60 bits per heavy atom. The Hall–Kier alpha value is -1.72. The molecule has 4 nitrogen and oxygen atoms in total. The zero-order valence-electron chi connectivity index (χ0n) is 18.8. The maximum absolute atomic E-state index is 6.49. The first-order chi connectivity index (χ1) is 14.5. The van der Waals surface area contributed by atoms with E-state index in [4.69, 9.17) is 18.9 Å². The summed E-state index contributed by atoms with van der Waals surface area (Å²) in [4.78, 5) is 0. The molecular formula is C26H34O4. The van der Waals surface area contributed by atoms with Gasteiger partial charge in [0.05, 0.1) is 12.7 Å². The number of fused-ring (bicyclic) bond motifs is 1. The number of rotatable bonds is 5. The third-order valence-electron chi connectivity index (χ3n) is 6.63. The van der Waals surface area contributed by atoms with E-state index in [1.807, 2.05) is 0 Å². The molecule has 2 heterocycles. The van der Waals surface area contributed by atoms with Crippen LogP contribution < -0.4 is 0 Å². The van der Waals surface area contributed by atoms with E-state index in [9.17, 15) is 0 Å². The minimum absolute atomic E-state index is 0.0393. The van der Waals surface area contributed by atoms with Crippen LogP contribution in [0.25, 0.3) is 0 Å². The summed E-state index contributed by atoms with van der Waals surface area (Å²) < 4.78 is 25.4. The van der Waals surface area contributed by atoms with Crippen LogP contribution in [0, 0.1) is 19.8 Å². The molecule has 6 atom stereocenters. The van der Waals surface area contributed by atoms with Crippen LogP contribution >= 0.6 is 0 Å². The van der Waals surface area contributed by atoms with E-state index in [-0.39, 0.29) is 30.9 Å². The molecule has 2 aromatic rings. The number of aryl methyl sites for hydroxylation is 3. The molecule has 0 radical (unpaired) electrons. The molecule has 4 heteroatoms. The Kier molecular flexibility index (Phi) is 6.59. The van der Waals surface area contributed by atoms with Crippen LogP contribution in [0.3, 0.4) is 0 Å². The summed E-state index contributed by atoms with van der Waals surface area (Å²) in [5, 5.41) is 0. The average molecular weight is 411 g/mol. The van der Waals surface area contributed by atoms with E-state index < -0.39 is 0 Å². The lowest BCUT2D eigenvalue weighted by Gasteiger charge is -2.47. The zero-order chi connectivity index (χ0) is 21.3. The fourth-order valence-corrected chi connectivity index (χ4v) is 4.21. The highest BCUT2D eigenvalue weighted by atomic mass is 16.8. The Balaban J connectivity index is 1.55. The van der Waals surface area contributed by atoms with Crippen LogP contribution in [0.1, 0.15) is 67.6 Å². The third kappa shape index (κ3) is 4.33. The second-order valence-corrected chi connectivity index (χ2v) is 8.70. The van der Waals surface area contributed by atoms with Crippen molar-refractivity contribution in [1.82, 2.24) is 0 Å². The van der Waals surface area contributed by atoms with Gasteiger partial charge in [-0.25, -0.2) is 0 Å². The van der Waals surface area contributed by atoms with E-state index in [0.29, 0.717) is 12.5 Å². The molecular weight excluding hydrogens is 376 g/mol. The summed E-state index contributed by atoms with van der Waals surface area (Å²) in [5.41, 5.74) is 5.93. The number of hydrogen-bond acceptors (Lipinski definition) is 4. The second kappa shape index (κ2) is 9.19. The molecule has 0 aliphatic carbocycles. The summed E-state index contributed by atoms with van der Waals surface area (Å²) in [6.07, 6.45) is 0.944. The van der Waals surface area contributed by atoms with Gasteiger partial charge < -0.3 is 18.9 Å². The quantitative estimate of drug-likeness (QED) is 0.623. The minimum atomic E-state index is -0.387. The van der Waals surface area contributed by atoms with E-state index in [0.717, 1.165) is 24.0 Å². The normalized spacial score (nSPS) is 30.0. The first kappa shape index (κ1) is 21.5. The molecule has 0 saturated carbocycles. The fourth-order valence-electron chi connectivity index (χ4n) is 4.21. The second-order valence-electron chi connectivity index (χ2n) is 8.70. The molecule has 2 saturated heterocycles. The summed E-state index contributed by atoms with van der Waals surface area (Å²) in [5.74, 6) is 0.359. The zero-order valence-corrected chi connectivity index (χ0v) is 18.8. The first-order valence-electron chi connectivity index (χ1n) is 11.2. The highest BCUT2D eigenvalue weighted by Gasteiger charge is 2.47. The van der Waals surface area contributed by atoms with Gasteiger partial charge in [-0.05, 0) is 42.9 Å². The van der Waals surface area contributed by atoms with Gasteiger partial charge in [0.2, 0.25) is 0 Å². The highest BCUT2D eigenvalue weighted by molar-refractivity contribution is 5.31. The van der Waals surface area contributed by atoms with Crippen LogP contribution in [0.5, 0.6) is 0 Å². The minimum Gasteiger partial charge on any atom is -0.346 e. The molecule has 0 aromatic heterocycles. The van der Waals surface area contributed by atoms with Crippen molar-refractivity contribution in [2.75, 3.05) is 6.61 Å². The SMILES string of the molecule is CCc1ccc(C2OC3COC(c4ccc(C)c(C)c4)OC3C(C(C)CC)O2)cc1. The van der Waals surface area contributed by atoms with Crippen molar-refractivity contribution in [3.63, 3.8) is 0 Å². The lowest BCUT2D eigenvalue weighted by atomic mass is 9.92.